The normalized spacial score (nSPS) is 10.4. The van der Waals surface area contributed by atoms with Crippen LogP contribution in [-0.2, 0) is 4.79 Å². The summed E-state index contributed by atoms with van der Waals surface area (Å²) < 4.78 is 10.3. The fraction of sp³-hybridized carbons (Fsp3) is 0.118. The number of carboxylic acid groups (broad SMARTS) is 1. The van der Waals surface area contributed by atoms with Gasteiger partial charge in [-0.15, -0.1) is 0 Å². The molecule has 0 fully saturated rings. The zero-order chi connectivity index (χ0) is 17.5. The lowest BCUT2D eigenvalue weighted by Crippen LogP contribution is -2.11. The van der Waals surface area contributed by atoms with Crippen molar-refractivity contribution < 1.29 is 24.2 Å². The van der Waals surface area contributed by atoms with Crippen molar-refractivity contribution in [2.75, 3.05) is 19.5 Å². The molecule has 2 N–H and O–H groups in total. The first-order chi connectivity index (χ1) is 11.5. The van der Waals surface area contributed by atoms with E-state index in [0.717, 1.165) is 5.56 Å². The molecule has 0 unspecified atom stereocenters. The molecule has 0 aliphatic heterocycles. The monoisotopic (exact) mass is 328 g/mol. The molecule has 0 spiro atoms. The molecular formula is C17H16N2O5. The minimum Gasteiger partial charge on any atom is -0.493 e. The number of amides is 1. The maximum Gasteiger partial charge on any atom is 0.354 e. The lowest BCUT2D eigenvalue weighted by atomic mass is 10.2. The Balaban J connectivity index is 2.08. The highest BCUT2D eigenvalue weighted by Crippen LogP contribution is 2.27. The Morgan fingerprint density at radius 2 is 1.88 bits per heavy atom. The van der Waals surface area contributed by atoms with Gasteiger partial charge in [0.1, 0.15) is 5.82 Å². The van der Waals surface area contributed by atoms with Crippen LogP contribution in [0.5, 0.6) is 11.5 Å². The number of hydrogen-bond donors (Lipinski definition) is 2. The zero-order valence-electron chi connectivity index (χ0n) is 13.1. The van der Waals surface area contributed by atoms with Crippen molar-refractivity contribution in [3.63, 3.8) is 0 Å². The first kappa shape index (κ1) is 17.0. The first-order valence-corrected chi connectivity index (χ1v) is 6.95. The molecule has 0 bridgehead atoms. The number of benzene rings is 1. The number of anilines is 1. The van der Waals surface area contributed by atoms with Gasteiger partial charge in [-0.1, -0.05) is 12.1 Å². The number of pyridine rings is 1. The summed E-state index contributed by atoms with van der Waals surface area (Å²) in [6.45, 7) is 0. The van der Waals surface area contributed by atoms with Crippen LogP contribution in [0.15, 0.2) is 42.5 Å². The topological polar surface area (TPSA) is 97.8 Å². The van der Waals surface area contributed by atoms with E-state index in [1.807, 2.05) is 0 Å². The van der Waals surface area contributed by atoms with Crippen LogP contribution in [0, 0.1) is 0 Å². The summed E-state index contributed by atoms with van der Waals surface area (Å²) in [4.78, 5) is 26.6. The van der Waals surface area contributed by atoms with Gasteiger partial charge in [-0.05, 0) is 35.9 Å². The number of methoxy groups -OCH3 is 2. The molecule has 1 amide bonds. The van der Waals surface area contributed by atoms with Gasteiger partial charge in [0.2, 0.25) is 5.91 Å². The van der Waals surface area contributed by atoms with Crippen molar-refractivity contribution >= 4 is 23.8 Å². The molecule has 24 heavy (non-hydrogen) atoms. The van der Waals surface area contributed by atoms with E-state index in [4.69, 9.17) is 14.6 Å². The average Bonchev–Trinajstić information content (AvgIpc) is 2.59. The highest BCUT2D eigenvalue weighted by atomic mass is 16.5. The molecule has 2 aromatic rings. The van der Waals surface area contributed by atoms with E-state index in [2.05, 4.69) is 10.3 Å². The van der Waals surface area contributed by atoms with Gasteiger partial charge in [0.15, 0.2) is 17.2 Å². The van der Waals surface area contributed by atoms with Crippen molar-refractivity contribution in [3.8, 4) is 11.5 Å². The molecule has 0 saturated heterocycles. The van der Waals surface area contributed by atoms with Gasteiger partial charge in [0.25, 0.3) is 0 Å². The Morgan fingerprint density at radius 3 is 2.54 bits per heavy atom. The van der Waals surface area contributed by atoms with Crippen molar-refractivity contribution in [1.82, 2.24) is 4.98 Å². The molecule has 7 nitrogen and oxygen atoms in total. The molecule has 0 radical (unpaired) electrons. The number of ether oxygens (including phenoxy) is 2. The van der Waals surface area contributed by atoms with Crippen LogP contribution in [0.2, 0.25) is 0 Å². The summed E-state index contributed by atoms with van der Waals surface area (Å²) in [5.41, 5.74) is 0.603. The van der Waals surface area contributed by atoms with E-state index in [1.54, 1.807) is 31.4 Å². The molecule has 2 rings (SSSR count). The number of carbonyl (C=O) groups excluding carboxylic acids is 1. The molecule has 0 aliphatic rings. The lowest BCUT2D eigenvalue weighted by molar-refractivity contribution is -0.111. The van der Waals surface area contributed by atoms with Gasteiger partial charge in [-0.25, -0.2) is 9.78 Å². The van der Waals surface area contributed by atoms with E-state index in [1.165, 1.54) is 31.4 Å². The van der Waals surface area contributed by atoms with Crippen LogP contribution < -0.4 is 14.8 Å². The molecule has 0 saturated carbocycles. The fourth-order valence-corrected chi connectivity index (χ4v) is 1.92. The third-order valence-electron chi connectivity index (χ3n) is 3.05. The van der Waals surface area contributed by atoms with E-state index in [-0.39, 0.29) is 11.5 Å². The van der Waals surface area contributed by atoms with E-state index in [0.29, 0.717) is 11.5 Å². The Bertz CT molecular complexity index is 786. The van der Waals surface area contributed by atoms with Crippen LogP contribution in [-0.4, -0.2) is 36.2 Å². The van der Waals surface area contributed by atoms with E-state index < -0.39 is 11.9 Å². The largest absolute Gasteiger partial charge is 0.493 e. The average molecular weight is 328 g/mol. The quantitative estimate of drug-likeness (QED) is 0.791. The summed E-state index contributed by atoms with van der Waals surface area (Å²) in [5, 5.41) is 11.4. The summed E-state index contributed by atoms with van der Waals surface area (Å²) in [6.07, 6.45) is 2.91. The number of rotatable bonds is 6. The number of nitrogens with one attached hydrogen (secondary N) is 1. The van der Waals surface area contributed by atoms with Crippen LogP contribution in [0.1, 0.15) is 16.1 Å². The summed E-state index contributed by atoms with van der Waals surface area (Å²) in [5.74, 6) is -0.284. The highest BCUT2D eigenvalue weighted by molar-refractivity contribution is 6.01. The fourth-order valence-electron chi connectivity index (χ4n) is 1.92. The second-order valence-electron chi connectivity index (χ2n) is 4.65. The van der Waals surface area contributed by atoms with Crippen molar-refractivity contribution in [3.05, 3.63) is 53.7 Å². The van der Waals surface area contributed by atoms with Crippen molar-refractivity contribution in [2.24, 2.45) is 0 Å². The number of aromatic nitrogens is 1. The maximum atomic E-state index is 11.9. The minimum atomic E-state index is -1.16. The lowest BCUT2D eigenvalue weighted by Gasteiger charge is -2.07. The number of aromatic carboxylic acids is 1. The Kier molecular flexibility index (Phi) is 5.51. The second kappa shape index (κ2) is 7.77. The number of nitrogens with zero attached hydrogens (tertiary/aromatic N) is 1. The summed E-state index contributed by atoms with van der Waals surface area (Å²) in [6, 6.07) is 9.59. The molecule has 1 aromatic carbocycles. The van der Waals surface area contributed by atoms with Crippen molar-refractivity contribution in [1.29, 1.82) is 0 Å². The van der Waals surface area contributed by atoms with Gasteiger partial charge in [-0.3, -0.25) is 4.79 Å². The van der Waals surface area contributed by atoms with E-state index in [9.17, 15) is 9.59 Å². The summed E-state index contributed by atoms with van der Waals surface area (Å²) in [7, 11) is 3.07. The Morgan fingerprint density at radius 1 is 1.12 bits per heavy atom. The van der Waals surface area contributed by atoms with Gasteiger partial charge in [0.05, 0.1) is 14.2 Å². The Hall–Kier alpha value is -3.35. The predicted octanol–water partition coefficient (Wildman–Crippen LogP) is 2.45. The minimum absolute atomic E-state index is 0.142. The van der Waals surface area contributed by atoms with Crippen LogP contribution in [0.4, 0.5) is 5.82 Å². The molecule has 0 atom stereocenters. The van der Waals surface area contributed by atoms with Gasteiger partial charge in [0, 0.05) is 6.08 Å². The van der Waals surface area contributed by atoms with Gasteiger partial charge >= 0.3 is 5.97 Å². The molecular weight excluding hydrogens is 312 g/mol. The smallest absolute Gasteiger partial charge is 0.354 e. The molecule has 1 heterocycles. The second-order valence-corrected chi connectivity index (χ2v) is 4.65. The van der Waals surface area contributed by atoms with E-state index >= 15 is 0 Å². The molecule has 0 aliphatic carbocycles. The Labute approximate surface area is 138 Å². The van der Waals surface area contributed by atoms with Crippen LogP contribution in [0.3, 0.4) is 0 Å². The number of carboxylic acids is 1. The molecule has 1 aromatic heterocycles. The van der Waals surface area contributed by atoms with Crippen LogP contribution >= 0.6 is 0 Å². The van der Waals surface area contributed by atoms with Gasteiger partial charge in [-0.2, -0.15) is 0 Å². The number of hydrogen-bond acceptors (Lipinski definition) is 5. The third-order valence-corrected chi connectivity index (χ3v) is 3.05. The standard InChI is InChI=1S/C17H16N2O5/c1-23-13-8-6-11(10-14(13)24-2)7-9-16(20)19-15-5-3-4-12(18-15)17(21)22/h3-10H,1-2H3,(H,21,22)(H,18,19,20)/b9-7+. The predicted molar refractivity (Wildman–Crippen MR) is 88.4 cm³/mol. The highest BCUT2D eigenvalue weighted by Gasteiger charge is 2.07. The molecule has 7 heteroatoms. The number of carbonyl (C=O) groups is 2. The summed E-state index contributed by atoms with van der Waals surface area (Å²) >= 11 is 0. The maximum absolute atomic E-state index is 11.9. The SMILES string of the molecule is COc1ccc(/C=C/C(=O)Nc2cccc(C(=O)O)n2)cc1OC. The third kappa shape index (κ3) is 4.33. The van der Waals surface area contributed by atoms with Crippen LogP contribution in [0.25, 0.3) is 6.08 Å². The van der Waals surface area contributed by atoms with Gasteiger partial charge < -0.3 is 19.9 Å². The van der Waals surface area contributed by atoms with Crippen molar-refractivity contribution in [2.45, 2.75) is 0 Å². The first-order valence-electron chi connectivity index (χ1n) is 6.95. The zero-order valence-corrected chi connectivity index (χ0v) is 13.1. The molecule has 124 valence electrons.